The number of hydrogen-bond acceptors (Lipinski definition) is 1. The Balaban J connectivity index is 0.000000531. The second-order valence-corrected chi connectivity index (χ2v) is 2.86. The Morgan fingerprint density at radius 3 is 1.33 bits per heavy atom. The van der Waals surface area contributed by atoms with Crippen LogP contribution in [0.4, 0.5) is 11.4 Å². The van der Waals surface area contributed by atoms with Crippen molar-refractivity contribution >= 4 is 20.7 Å². The van der Waals surface area contributed by atoms with Gasteiger partial charge in [-0.25, -0.2) is 0 Å². The van der Waals surface area contributed by atoms with Crippen LogP contribution in [0, 0.1) is 0 Å². The zero-order valence-corrected chi connectivity index (χ0v) is 10.5. The van der Waals surface area contributed by atoms with Gasteiger partial charge in [-0.05, 0) is 24.3 Å². The van der Waals surface area contributed by atoms with Crippen molar-refractivity contribution in [2.24, 2.45) is 0 Å². The third kappa shape index (κ3) is 4.52. The maximum atomic E-state index is 4.64. The summed E-state index contributed by atoms with van der Waals surface area (Å²) in [7, 11) is 4.64. The van der Waals surface area contributed by atoms with Crippen molar-refractivity contribution in [3.05, 3.63) is 60.7 Å². The van der Waals surface area contributed by atoms with E-state index in [4.69, 9.17) is 0 Å². The molecule has 2 aromatic rings. The molecule has 0 aliphatic rings. The van der Waals surface area contributed by atoms with Crippen LogP contribution < -0.4 is 5.32 Å². The zero-order chi connectivity index (χ0) is 10.9. The summed E-state index contributed by atoms with van der Waals surface area (Å²) in [5.74, 6) is 0. The van der Waals surface area contributed by atoms with Gasteiger partial charge in [0.05, 0.1) is 0 Å². The summed E-state index contributed by atoms with van der Waals surface area (Å²) in [6.45, 7) is 0. The molecule has 0 spiro atoms. The van der Waals surface area contributed by atoms with Crippen LogP contribution in [0.25, 0.3) is 0 Å². The van der Waals surface area contributed by atoms with E-state index in [1.54, 1.807) is 0 Å². The number of para-hydroxylation sites is 2. The van der Waals surface area contributed by atoms with Crippen molar-refractivity contribution in [1.29, 1.82) is 0 Å². The molecule has 0 heterocycles. The number of anilines is 2. The van der Waals surface area contributed by atoms with Crippen LogP contribution in [-0.4, -0.2) is 0 Å². The molecule has 1 N–H and O–H groups in total. The quantitative estimate of drug-likeness (QED) is 0.793. The van der Waals surface area contributed by atoms with Gasteiger partial charge in [0.15, 0.2) is 0 Å². The van der Waals surface area contributed by atoms with Gasteiger partial charge in [-0.3, -0.25) is 0 Å². The Morgan fingerprint density at radius 2 is 1.00 bits per heavy atom. The van der Waals surface area contributed by atoms with Gasteiger partial charge < -0.3 is 5.32 Å². The smallest absolute Gasteiger partial charge is 0.0384 e. The summed E-state index contributed by atoms with van der Waals surface area (Å²) in [5, 5.41) is 3.30. The zero-order valence-electron chi connectivity index (χ0n) is 8.15. The molecule has 0 saturated carbocycles. The molecular weight excluding hydrogens is 241 g/mol. The molecule has 0 aliphatic carbocycles. The van der Waals surface area contributed by atoms with E-state index in [1.165, 1.54) is 19.4 Å². The van der Waals surface area contributed by atoms with E-state index in [1.807, 2.05) is 60.7 Å². The standard InChI is InChI=1S/C12H11N.ClH.Ti/c1-3-7-11(8-4-1)13-12-9-5-2-6-10-12;;/h1-10,13H;1H;/q;;+1/p-1. The van der Waals surface area contributed by atoms with Gasteiger partial charge in [-0.2, -0.15) is 0 Å². The molecule has 2 aromatic carbocycles. The van der Waals surface area contributed by atoms with E-state index in [0.29, 0.717) is 0 Å². The monoisotopic (exact) mass is 252 g/mol. The number of hydrogen-bond donors (Lipinski definition) is 1. The van der Waals surface area contributed by atoms with Gasteiger partial charge in [-0.15, -0.1) is 0 Å². The van der Waals surface area contributed by atoms with Crippen molar-refractivity contribution in [3.63, 3.8) is 0 Å². The molecule has 0 amide bonds. The summed E-state index contributed by atoms with van der Waals surface area (Å²) >= 11 is 1.47. The van der Waals surface area contributed by atoms with Crippen LogP contribution in [0.3, 0.4) is 0 Å². The van der Waals surface area contributed by atoms with Gasteiger partial charge in [0, 0.05) is 11.4 Å². The molecule has 15 heavy (non-hydrogen) atoms. The fourth-order valence-corrected chi connectivity index (χ4v) is 1.21. The Hall–Kier alpha value is -0.756. The van der Waals surface area contributed by atoms with Crippen molar-refractivity contribution < 1.29 is 19.4 Å². The van der Waals surface area contributed by atoms with Crippen molar-refractivity contribution in [1.82, 2.24) is 0 Å². The molecule has 0 atom stereocenters. The third-order valence-electron chi connectivity index (χ3n) is 1.84. The maximum absolute atomic E-state index is 4.64. The Morgan fingerprint density at radius 1 is 0.667 bits per heavy atom. The molecule has 0 bridgehead atoms. The van der Waals surface area contributed by atoms with E-state index >= 15 is 0 Å². The molecule has 1 nitrogen and oxygen atoms in total. The van der Waals surface area contributed by atoms with Gasteiger partial charge in [0.25, 0.3) is 0 Å². The molecule has 0 fully saturated rings. The molecular formula is C12H11ClNTi. The van der Waals surface area contributed by atoms with Gasteiger partial charge in [0.2, 0.25) is 0 Å². The van der Waals surface area contributed by atoms with Gasteiger partial charge in [-0.1, -0.05) is 36.4 Å². The van der Waals surface area contributed by atoms with E-state index < -0.39 is 0 Å². The van der Waals surface area contributed by atoms with Crippen LogP contribution in [0.5, 0.6) is 0 Å². The summed E-state index contributed by atoms with van der Waals surface area (Å²) < 4.78 is 0. The van der Waals surface area contributed by atoms with E-state index in [0.717, 1.165) is 11.4 Å². The predicted molar refractivity (Wildman–Crippen MR) is 62.0 cm³/mol. The molecule has 0 unspecified atom stereocenters. The Kier molecular flexibility index (Phi) is 6.18. The van der Waals surface area contributed by atoms with Gasteiger partial charge >= 0.3 is 28.7 Å². The first kappa shape index (κ1) is 12.3. The third-order valence-corrected chi connectivity index (χ3v) is 1.84. The average molecular weight is 253 g/mol. The first-order valence-corrected chi connectivity index (χ1v) is 6.66. The molecule has 75 valence electrons. The molecule has 0 saturated heterocycles. The molecule has 2 rings (SSSR count). The van der Waals surface area contributed by atoms with E-state index in [-0.39, 0.29) is 0 Å². The number of halogens is 1. The summed E-state index contributed by atoms with van der Waals surface area (Å²) in [6.07, 6.45) is 0. The molecule has 0 radical (unpaired) electrons. The first-order chi connectivity index (χ1) is 7.45. The van der Waals surface area contributed by atoms with Crippen molar-refractivity contribution in [3.8, 4) is 0 Å². The van der Waals surface area contributed by atoms with Gasteiger partial charge in [0.1, 0.15) is 0 Å². The largest absolute Gasteiger partial charge is 0.356 e. The Bertz CT molecular complexity index is 326. The summed E-state index contributed by atoms with van der Waals surface area (Å²) in [5.41, 5.74) is 2.24. The van der Waals surface area contributed by atoms with Crippen LogP contribution in [0.2, 0.25) is 0 Å². The summed E-state index contributed by atoms with van der Waals surface area (Å²) in [4.78, 5) is 0. The van der Waals surface area contributed by atoms with Crippen LogP contribution in [-0.2, 0) is 19.4 Å². The molecule has 0 aliphatic heterocycles. The van der Waals surface area contributed by atoms with Crippen molar-refractivity contribution in [2.75, 3.05) is 5.32 Å². The molecule has 3 heteroatoms. The summed E-state index contributed by atoms with van der Waals surface area (Å²) in [6, 6.07) is 20.3. The fraction of sp³-hybridized carbons (Fsp3) is 0. The SMILES string of the molecule is [Cl][Ti].c1ccc(Nc2ccccc2)cc1. The minimum Gasteiger partial charge on any atom is -0.356 e. The predicted octanol–water partition coefficient (Wildman–Crippen LogP) is 4.12. The van der Waals surface area contributed by atoms with Crippen molar-refractivity contribution in [2.45, 2.75) is 0 Å². The minimum absolute atomic E-state index is 1.12. The van der Waals surface area contributed by atoms with E-state index in [2.05, 4.69) is 14.6 Å². The fourth-order valence-electron chi connectivity index (χ4n) is 1.21. The Labute approximate surface area is 106 Å². The van der Waals surface area contributed by atoms with Crippen LogP contribution in [0.15, 0.2) is 60.7 Å². The number of benzene rings is 2. The first-order valence-electron chi connectivity index (χ1n) is 4.51. The topological polar surface area (TPSA) is 12.0 Å². The minimum atomic E-state index is 1.12. The van der Waals surface area contributed by atoms with Crippen LogP contribution >= 0.6 is 9.30 Å². The maximum Gasteiger partial charge on any atom is 0.0384 e. The second-order valence-electron chi connectivity index (χ2n) is 2.86. The number of nitrogens with one attached hydrogen (secondary N) is 1. The normalized spacial score (nSPS) is 8.53. The average Bonchev–Trinajstić information content (AvgIpc) is 2.34. The molecule has 0 aromatic heterocycles. The number of rotatable bonds is 2. The van der Waals surface area contributed by atoms with E-state index in [9.17, 15) is 0 Å². The van der Waals surface area contributed by atoms with Crippen LogP contribution in [0.1, 0.15) is 0 Å². The second kappa shape index (κ2) is 7.52.